The average molecular weight is 310 g/mol. The number of aromatic nitrogens is 2. The third kappa shape index (κ3) is 2.99. The molecule has 0 saturated carbocycles. The Morgan fingerprint density at radius 2 is 1.86 bits per heavy atom. The van der Waals surface area contributed by atoms with E-state index in [1.54, 1.807) is 20.4 Å². The second-order valence-corrected chi connectivity index (χ2v) is 5.42. The van der Waals surface area contributed by atoms with Gasteiger partial charge in [-0.2, -0.15) is 5.10 Å². The number of methoxy groups -OCH3 is 2. The minimum Gasteiger partial charge on any atom is -0.493 e. The molecule has 0 aliphatic rings. The van der Waals surface area contributed by atoms with E-state index < -0.39 is 0 Å². The maximum absolute atomic E-state index is 6.37. The standard InChI is InChI=1S/C15H20ClN3O2/c1-9(2)19-15(11(16)8-18-19)14(17)10-5-6-12(20-3)13(7-10)21-4/h5-9,14H,17H2,1-4H3. The van der Waals surface area contributed by atoms with Gasteiger partial charge >= 0.3 is 0 Å². The molecule has 1 heterocycles. The lowest BCUT2D eigenvalue weighted by Crippen LogP contribution is -2.19. The van der Waals surface area contributed by atoms with Crippen LogP contribution in [0.2, 0.25) is 5.02 Å². The summed E-state index contributed by atoms with van der Waals surface area (Å²) in [6.45, 7) is 4.07. The second-order valence-electron chi connectivity index (χ2n) is 5.01. The summed E-state index contributed by atoms with van der Waals surface area (Å²) in [4.78, 5) is 0. The van der Waals surface area contributed by atoms with Gasteiger partial charge in [0, 0.05) is 6.04 Å². The van der Waals surface area contributed by atoms with Crippen LogP contribution in [0.25, 0.3) is 0 Å². The van der Waals surface area contributed by atoms with Crippen LogP contribution >= 0.6 is 11.6 Å². The number of nitrogens with two attached hydrogens (primary N) is 1. The summed E-state index contributed by atoms with van der Waals surface area (Å²) in [6.07, 6.45) is 1.62. The number of nitrogens with zero attached hydrogens (tertiary/aromatic N) is 2. The smallest absolute Gasteiger partial charge is 0.161 e. The molecule has 0 spiro atoms. The van der Waals surface area contributed by atoms with Gasteiger partial charge in [0.25, 0.3) is 0 Å². The molecule has 0 aliphatic carbocycles. The lowest BCUT2D eigenvalue weighted by atomic mass is 10.0. The molecule has 6 heteroatoms. The van der Waals surface area contributed by atoms with Crippen LogP contribution in [0, 0.1) is 0 Å². The van der Waals surface area contributed by atoms with E-state index in [2.05, 4.69) is 5.10 Å². The van der Waals surface area contributed by atoms with Gasteiger partial charge in [0.05, 0.1) is 37.2 Å². The summed E-state index contributed by atoms with van der Waals surface area (Å²) in [7, 11) is 3.20. The molecule has 0 amide bonds. The normalized spacial score (nSPS) is 12.5. The van der Waals surface area contributed by atoms with Crippen LogP contribution in [0.4, 0.5) is 0 Å². The van der Waals surface area contributed by atoms with Crippen LogP contribution < -0.4 is 15.2 Å². The summed E-state index contributed by atoms with van der Waals surface area (Å²) >= 11 is 6.25. The van der Waals surface area contributed by atoms with Crippen molar-refractivity contribution in [3.05, 3.63) is 40.7 Å². The molecule has 2 rings (SSSR count). The van der Waals surface area contributed by atoms with Crippen LogP contribution in [0.5, 0.6) is 11.5 Å². The topological polar surface area (TPSA) is 62.3 Å². The first kappa shape index (κ1) is 15.7. The third-order valence-corrected chi connectivity index (χ3v) is 3.63. The van der Waals surface area contributed by atoms with Gasteiger partial charge < -0.3 is 15.2 Å². The van der Waals surface area contributed by atoms with E-state index in [1.165, 1.54) is 0 Å². The fourth-order valence-electron chi connectivity index (χ4n) is 2.26. The fraction of sp³-hybridized carbons (Fsp3) is 0.400. The average Bonchev–Trinajstić information content (AvgIpc) is 2.87. The number of ether oxygens (including phenoxy) is 2. The zero-order valence-electron chi connectivity index (χ0n) is 12.6. The Morgan fingerprint density at radius 3 is 2.43 bits per heavy atom. The van der Waals surface area contributed by atoms with E-state index >= 15 is 0 Å². The molecule has 21 heavy (non-hydrogen) atoms. The van der Waals surface area contributed by atoms with E-state index in [0.29, 0.717) is 16.5 Å². The summed E-state index contributed by atoms with van der Waals surface area (Å²) in [5.41, 5.74) is 8.05. The van der Waals surface area contributed by atoms with Gasteiger partial charge in [-0.05, 0) is 31.5 Å². The molecule has 2 N–H and O–H groups in total. The van der Waals surface area contributed by atoms with Crippen LogP contribution in [0.1, 0.15) is 37.2 Å². The predicted molar refractivity (Wildman–Crippen MR) is 83.2 cm³/mol. The first-order valence-electron chi connectivity index (χ1n) is 6.70. The molecule has 0 bridgehead atoms. The highest BCUT2D eigenvalue weighted by atomic mass is 35.5. The fourth-order valence-corrected chi connectivity index (χ4v) is 2.51. The lowest BCUT2D eigenvalue weighted by Gasteiger charge is -2.19. The van der Waals surface area contributed by atoms with E-state index in [-0.39, 0.29) is 12.1 Å². The molecule has 0 aliphatic heterocycles. The monoisotopic (exact) mass is 309 g/mol. The van der Waals surface area contributed by atoms with Crippen LogP contribution in [0.3, 0.4) is 0 Å². The van der Waals surface area contributed by atoms with E-state index in [1.807, 2.05) is 36.7 Å². The second kappa shape index (κ2) is 6.37. The van der Waals surface area contributed by atoms with E-state index in [9.17, 15) is 0 Å². The minimum atomic E-state index is -0.387. The van der Waals surface area contributed by atoms with Crippen molar-refractivity contribution >= 4 is 11.6 Å². The van der Waals surface area contributed by atoms with Crippen LogP contribution in [0.15, 0.2) is 24.4 Å². The molecular formula is C15H20ClN3O2. The van der Waals surface area contributed by atoms with Crippen molar-refractivity contribution in [3.63, 3.8) is 0 Å². The van der Waals surface area contributed by atoms with Crippen molar-refractivity contribution in [2.24, 2.45) is 5.73 Å². The SMILES string of the molecule is COc1ccc(C(N)c2c(Cl)cnn2C(C)C)cc1OC. The predicted octanol–water partition coefficient (Wildman–Crippen LogP) is 3.18. The first-order chi connectivity index (χ1) is 9.99. The summed E-state index contributed by atoms with van der Waals surface area (Å²) in [5.74, 6) is 1.30. The Kier molecular flexibility index (Phi) is 4.75. The first-order valence-corrected chi connectivity index (χ1v) is 7.07. The molecule has 0 saturated heterocycles. The molecule has 1 aromatic carbocycles. The number of benzene rings is 1. The number of hydrogen-bond donors (Lipinski definition) is 1. The van der Waals surface area contributed by atoms with Gasteiger partial charge in [0.15, 0.2) is 11.5 Å². The highest BCUT2D eigenvalue weighted by Gasteiger charge is 2.21. The summed E-state index contributed by atoms with van der Waals surface area (Å²) in [6, 6.07) is 5.39. The molecule has 1 aromatic heterocycles. The molecule has 0 radical (unpaired) electrons. The molecule has 0 fully saturated rings. The Bertz CT molecular complexity index is 625. The maximum Gasteiger partial charge on any atom is 0.161 e. The van der Waals surface area contributed by atoms with Gasteiger partial charge in [-0.15, -0.1) is 0 Å². The van der Waals surface area contributed by atoms with Crippen molar-refractivity contribution < 1.29 is 9.47 Å². The number of rotatable bonds is 5. The highest BCUT2D eigenvalue weighted by molar-refractivity contribution is 6.31. The van der Waals surface area contributed by atoms with Crippen molar-refractivity contribution in [1.82, 2.24) is 9.78 Å². The Morgan fingerprint density at radius 1 is 1.19 bits per heavy atom. The van der Waals surface area contributed by atoms with E-state index in [0.717, 1.165) is 11.3 Å². The van der Waals surface area contributed by atoms with Crippen LogP contribution in [-0.4, -0.2) is 24.0 Å². The molecule has 5 nitrogen and oxygen atoms in total. The van der Waals surface area contributed by atoms with Gasteiger partial charge in [0.1, 0.15) is 0 Å². The van der Waals surface area contributed by atoms with Gasteiger partial charge in [0.2, 0.25) is 0 Å². The number of hydrogen-bond acceptors (Lipinski definition) is 4. The Hall–Kier alpha value is -1.72. The zero-order chi connectivity index (χ0) is 15.6. The van der Waals surface area contributed by atoms with Gasteiger partial charge in [-0.1, -0.05) is 17.7 Å². The van der Waals surface area contributed by atoms with Crippen molar-refractivity contribution in [2.45, 2.75) is 25.9 Å². The van der Waals surface area contributed by atoms with Crippen molar-refractivity contribution in [2.75, 3.05) is 14.2 Å². The summed E-state index contributed by atoms with van der Waals surface area (Å²) < 4.78 is 12.4. The number of halogens is 1. The van der Waals surface area contributed by atoms with Crippen LogP contribution in [-0.2, 0) is 0 Å². The highest BCUT2D eigenvalue weighted by Crippen LogP contribution is 2.33. The molecule has 2 aromatic rings. The van der Waals surface area contributed by atoms with Crippen molar-refractivity contribution in [1.29, 1.82) is 0 Å². The largest absolute Gasteiger partial charge is 0.493 e. The molecular weight excluding hydrogens is 290 g/mol. The quantitative estimate of drug-likeness (QED) is 0.921. The molecule has 1 atom stereocenters. The van der Waals surface area contributed by atoms with Crippen molar-refractivity contribution in [3.8, 4) is 11.5 Å². The maximum atomic E-state index is 6.37. The van der Waals surface area contributed by atoms with Gasteiger partial charge in [-0.25, -0.2) is 0 Å². The lowest BCUT2D eigenvalue weighted by molar-refractivity contribution is 0.354. The Balaban J connectivity index is 2.45. The molecule has 114 valence electrons. The zero-order valence-corrected chi connectivity index (χ0v) is 13.4. The Labute approximate surface area is 129 Å². The van der Waals surface area contributed by atoms with Gasteiger partial charge in [-0.3, -0.25) is 4.68 Å². The molecule has 1 unspecified atom stereocenters. The third-order valence-electron chi connectivity index (χ3n) is 3.34. The van der Waals surface area contributed by atoms with E-state index in [4.69, 9.17) is 26.8 Å². The minimum absolute atomic E-state index is 0.179. The summed E-state index contributed by atoms with van der Waals surface area (Å²) in [5, 5.41) is 4.85.